The molecule has 7 heteroatoms. The summed E-state index contributed by atoms with van der Waals surface area (Å²) in [5, 5.41) is 9.61. The molecule has 4 rings (SSSR count). The van der Waals surface area contributed by atoms with Crippen molar-refractivity contribution in [2.75, 3.05) is 0 Å². The fraction of sp³-hybridized carbons (Fsp3) is 0.375. The molecule has 2 N–H and O–H groups in total. The van der Waals surface area contributed by atoms with Crippen molar-refractivity contribution in [1.82, 2.24) is 19.9 Å². The predicted molar refractivity (Wildman–Crippen MR) is 83.7 cm³/mol. The average molecular weight is 311 g/mol. The fourth-order valence-electron chi connectivity index (χ4n) is 3.12. The SMILES string of the molecule is NC1(c2noc(Cn3ncc4ccccc4c3=O)n2)CCCC1. The van der Waals surface area contributed by atoms with E-state index in [9.17, 15) is 4.79 Å². The summed E-state index contributed by atoms with van der Waals surface area (Å²) in [4.78, 5) is 16.8. The Labute approximate surface area is 132 Å². The summed E-state index contributed by atoms with van der Waals surface area (Å²) >= 11 is 0. The first-order valence-corrected chi connectivity index (χ1v) is 7.73. The molecule has 0 atom stereocenters. The minimum Gasteiger partial charge on any atom is -0.337 e. The summed E-state index contributed by atoms with van der Waals surface area (Å²) in [7, 11) is 0. The Morgan fingerprint density at radius 1 is 1.26 bits per heavy atom. The Morgan fingerprint density at radius 2 is 2.04 bits per heavy atom. The van der Waals surface area contributed by atoms with Crippen LogP contribution in [0.5, 0.6) is 0 Å². The van der Waals surface area contributed by atoms with Crippen LogP contribution < -0.4 is 11.3 Å². The van der Waals surface area contributed by atoms with E-state index in [1.807, 2.05) is 18.2 Å². The summed E-state index contributed by atoms with van der Waals surface area (Å²) in [5.41, 5.74) is 5.65. The van der Waals surface area contributed by atoms with Gasteiger partial charge in [0.25, 0.3) is 5.56 Å². The molecule has 23 heavy (non-hydrogen) atoms. The molecule has 0 aliphatic heterocycles. The number of nitrogens with two attached hydrogens (primary N) is 1. The lowest BCUT2D eigenvalue weighted by Gasteiger charge is -2.17. The topological polar surface area (TPSA) is 99.8 Å². The monoisotopic (exact) mass is 311 g/mol. The molecule has 1 aromatic carbocycles. The van der Waals surface area contributed by atoms with Crippen molar-refractivity contribution < 1.29 is 4.52 Å². The van der Waals surface area contributed by atoms with Crippen molar-refractivity contribution in [1.29, 1.82) is 0 Å². The first-order valence-electron chi connectivity index (χ1n) is 7.73. The molecule has 2 heterocycles. The van der Waals surface area contributed by atoms with Gasteiger partial charge >= 0.3 is 0 Å². The van der Waals surface area contributed by atoms with Gasteiger partial charge in [-0.05, 0) is 18.9 Å². The maximum absolute atomic E-state index is 12.4. The summed E-state index contributed by atoms with van der Waals surface area (Å²) in [5.74, 6) is 0.875. The highest BCUT2D eigenvalue weighted by molar-refractivity contribution is 5.80. The quantitative estimate of drug-likeness (QED) is 0.788. The van der Waals surface area contributed by atoms with Crippen LogP contribution in [0.2, 0.25) is 0 Å². The maximum Gasteiger partial charge on any atom is 0.275 e. The van der Waals surface area contributed by atoms with Crippen LogP contribution in [0.4, 0.5) is 0 Å². The molecule has 0 spiro atoms. The van der Waals surface area contributed by atoms with Crippen molar-refractivity contribution in [2.24, 2.45) is 5.73 Å². The molecule has 0 amide bonds. The Hall–Kier alpha value is -2.54. The number of nitrogens with zero attached hydrogens (tertiary/aromatic N) is 4. The minimum atomic E-state index is -0.497. The third-order valence-corrected chi connectivity index (χ3v) is 4.46. The van der Waals surface area contributed by atoms with Crippen LogP contribution in [0, 0.1) is 0 Å². The van der Waals surface area contributed by atoms with Gasteiger partial charge in [-0.2, -0.15) is 10.1 Å². The van der Waals surface area contributed by atoms with E-state index in [1.54, 1.807) is 12.3 Å². The van der Waals surface area contributed by atoms with Crippen molar-refractivity contribution in [3.63, 3.8) is 0 Å². The molecule has 1 aliphatic rings. The molecule has 118 valence electrons. The van der Waals surface area contributed by atoms with E-state index < -0.39 is 5.54 Å². The van der Waals surface area contributed by atoms with Gasteiger partial charge in [0.05, 0.1) is 17.1 Å². The first kappa shape index (κ1) is 14.1. The Balaban J connectivity index is 1.65. The van der Waals surface area contributed by atoms with E-state index >= 15 is 0 Å². The van der Waals surface area contributed by atoms with Gasteiger partial charge in [0.15, 0.2) is 5.82 Å². The molecule has 1 saturated carbocycles. The van der Waals surface area contributed by atoms with Gasteiger partial charge in [0.1, 0.15) is 6.54 Å². The van der Waals surface area contributed by atoms with Gasteiger partial charge in [-0.15, -0.1) is 0 Å². The number of rotatable bonds is 3. The summed E-state index contributed by atoms with van der Waals surface area (Å²) in [6, 6.07) is 7.34. The third-order valence-electron chi connectivity index (χ3n) is 4.46. The number of hydrogen-bond acceptors (Lipinski definition) is 6. The van der Waals surface area contributed by atoms with Crippen molar-refractivity contribution >= 4 is 10.8 Å². The molecule has 1 aliphatic carbocycles. The molecular weight excluding hydrogens is 294 g/mol. The molecule has 3 aromatic rings. The highest BCUT2D eigenvalue weighted by atomic mass is 16.5. The van der Waals surface area contributed by atoms with E-state index in [0.29, 0.717) is 17.1 Å². The van der Waals surface area contributed by atoms with Crippen LogP contribution in [-0.4, -0.2) is 19.9 Å². The van der Waals surface area contributed by atoms with Crippen LogP contribution >= 0.6 is 0 Å². The van der Waals surface area contributed by atoms with Crippen molar-refractivity contribution in [2.45, 2.75) is 37.8 Å². The third kappa shape index (κ3) is 2.43. The molecular formula is C16H17N5O2. The zero-order valence-corrected chi connectivity index (χ0v) is 12.6. The largest absolute Gasteiger partial charge is 0.337 e. The zero-order chi connectivity index (χ0) is 15.9. The molecule has 7 nitrogen and oxygen atoms in total. The maximum atomic E-state index is 12.4. The summed E-state index contributed by atoms with van der Waals surface area (Å²) in [6.07, 6.45) is 5.54. The number of hydrogen-bond donors (Lipinski definition) is 1. The molecule has 0 saturated heterocycles. The normalized spacial score (nSPS) is 16.9. The van der Waals surface area contributed by atoms with E-state index in [4.69, 9.17) is 10.3 Å². The van der Waals surface area contributed by atoms with Crippen LogP contribution in [-0.2, 0) is 12.1 Å². The fourth-order valence-corrected chi connectivity index (χ4v) is 3.12. The average Bonchev–Trinajstić information content (AvgIpc) is 3.21. The number of fused-ring (bicyclic) bond motifs is 1. The Morgan fingerprint density at radius 3 is 2.87 bits per heavy atom. The summed E-state index contributed by atoms with van der Waals surface area (Å²) in [6.45, 7) is 0.146. The minimum absolute atomic E-state index is 0.146. The van der Waals surface area contributed by atoms with E-state index in [-0.39, 0.29) is 12.1 Å². The lowest BCUT2D eigenvalue weighted by Crippen LogP contribution is -2.34. The van der Waals surface area contributed by atoms with Gasteiger partial charge in [0, 0.05) is 5.39 Å². The first-order chi connectivity index (χ1) is 11.2. The van der Waals surface area contributed by atoms with Crippen molar-refractivity contribution in [3.8, 4) is 0 Å². The molecule has 0 bridgehead atoms. The van der Waals surface area contributed by atoms with E-state index in [2.05, 4.69) is 15.2 Å². The van der Waals surface area contributed by atoms with Crippen LogP contribution in [0.1, 0.15) is 37.4 Å². The molecule has 0 radical (unpaired) electrons. The van der Waals surface area contributed by atoms with E-state index in [1.165, 1.54) is 4.68 Å². The number of benzene rings is 1. The van der Waals surface area contributed by atoms with Crippen LogP contribution in [0.3, 0.4) is 0 Å². The standard InChI is InChI=1S/C16H17N5O2/c17-16(7-3-4-8-16)15-19-13(23-20-15)10-21-14(22)12-6-2-1-5-11(12)9-18-21/h1-2,5-6,9H,3-4,7-8,10,17H2. The smallest absolute Gasteiger partial charge is 0.275 e. The van der Waals surface area contributed by atoms with E-state index in [0.717, 1.165) is 31.1 Å². The Kier molecular flexibility index (Phi) is 3.23. The zero-order valence-electron chi connectivity index (χ0n) is 12.6. The molecule has 0 unspecified atom stereocenters. The van der Waals surface area contributed by atoms with Crippen molar-refractivity contribution in [3.05, 3.63) is 52.5 Å². The number of aromatic nitrogens is 4. The Bertz CT molecular complexity index is 908. The second kappa shape index (κ2) is 5.27. The van der Waals surface area contributed by atoms with Crippen LogP contribution in [0.15, 0.2) is 39.8 Å². The second-order valence-corrected chi connectivity index (χ2v) is 6.07. The second-order valence-electron chi connectivity index (χ2n) is 6.07. The van der Waals surface area contributed by atoms with Gasteiger partial charge in [0.2, 0.25) is 5.89 Å². The highest BCUT2D eigenvalue weighted by Crippen LogP contribution is 2.34. The summed E-state index contributed by atoms with van der Waals surface area (Å²) < 4.78 is 6.60. The van der Waals surface area contributed by atoms with Gasteiger partial charge in [-0.3, -0.25) is 4.79 Å². The molecule has 1 fully saturated rings. The van der Waals surface area contributed by atoms with Gasteiger partial charge < -0.3 is 10.3 Å². The van der Waals surface area contributed by atoms with Crippen LogP contribution in [0.25, 0.3) is 10.8 Å². The van der Waals surface area contributed by atoms with Gasteiger partial charge in [-0.1, -0.05) is 36.2 Å². The highest BCUT2D eigenvalue weighted by Gasteiger charge is 2.36. The lowest BCUT2D eigenvalue weighted by atomic mass is 9.99. The van der Waals surface area contributed by atoms with Gasteiger partial charge in [-0.25, -0.2) is 4.68 Å². The molecule has 2 aromatic heterocycles. The predicted octanol–water partition coefficient (Wildman–Crippen LogP) is 1.56. The lowest BCUT2D eigenvalue weighted by molar-refractivity contribution is 0.340.